The summed E-state index contributed by atoms with van der Waals surface area (Å²) in [6, 6.07) is 118. The van der Waals surface area contributed by atoms with Crippen molar-refractivity contribution in [2.45, 2.75) is 38.5 Å². The Hall–Kier alpha value is -12.4. The summed E-state index contributed by atoms with van der Waals surface area (Å²) in [5.41, 5.74) is 30.5. The molecule has 0 atom stereocenters. The van der Waals surface area contributed by atoms with Gasteiger partial charge in [0.25, 0.3) is 0 Å². The molecule has 2 aliphatic carbocycles. The van der Waals surface area contributed by atoms with Crippen LogP contribution in [0.3, 0.4) is 0 Å². The second kappa shape index (κ2) is 21.1. The fourth-order valence-corrected chi connectivity index (χ4v) is 18.1. The van der Waals surface area contributed by atoms with Gasteiger partial charge in [-0.1, -0.05) is 276 Å². The highest BCUT2D eigenvalue weighted by Crippen LogP contribution is 2.57. The van der Waals surface area contributed by atoms with Crippen molar-refractivity contribution in [1.29, 1.82) is 0 Å². The molecule has 2 heterocycles. The van der Waals surface area contributed by atoms with E-state index in [1.165, 1.54) is 165 Å². The molecule has 0 amide bonds. The van der Waals surface area contributed by atoms with Crippen molar-refractivity contribution in [3.05, 3.63) is 338 Å². The maximum absolute atomic E-state index is 7.19. The van der Waals surface area contributed by atoms with Gasteiger partial charge in [0.05, 0.1) is 0 Å². The summed E-state index contributed by atoms with van der Waals surface area (Å²) in [6.45, 7) is 9.54. The highest BCUT2D eigenvalue weighted by atomic mass is 16.3. The van der Waals surface area contributed by atoms with Crippen LogP contribution in [0, 0.1) is 0 Å². The van der Waals surface area contributed by atoms with E-state index >= 15 is 0 Å². The Morgan fingerprint density at radius 3 is 1.22 bits per heavy atom. The monoisotopic (exact) mass is 1270 g/mol. The lowest BCUT2D eigenvalue weighted by molar-refractivity contribution is 0.647. The zero-order chi connectivity index (χ0) is 66.3. The van der Waals surface area contributed by atoms with Crippen LogP contribution in [0.4, 0.5) is 0 Å². The van der Waals surface area contributed by atoms with Gasteiger partial charge in [-0.05, 0) is 238 Å². The predicted octanol–water partition coefficient (Wildman–Crippen LogP) is 27.5. The van der Waals surface area contributed by atoms with Crippen molar-refractivity contribution < 1.29 is 8.83 Å². The van der Waals surface area contributed by atoms with Gasteiger partial charge in [0.15, 0.2) is 0 Å². The Bertz CT molecular complexity index is 6690. The molecule has 2 aliphatic rings. The van der Waals surface area contributed by atoms with E-state index in [0.717, 1.165) is 55.0 Å². The lowest BCUT2D eigenvalue weighted by Crippen LogP contribution is -2.15. The Kier molecular flexibility index (Phi) is 12.0. The molecule has 2 heteroatoms. The first-order valence-electron chi connectivity index (χ1n) is 35.0. The number of benzene rings is 17. The molecular weight excluding hydrogens is 1210 g/mol. The first-order valence-corrected chi connectivity index (χ1v) is 35.0. The summed E-state index contributed by atoms with van der Waals surface area (Å²) in [7, 11) is 0. The number of hydrogen-bond donors (Lipinski definition) is 0. The molecule has 100 heavy (non-hydrogen) atoms. The van der Waals surface area contributed by atoms with Crippen molar-refractivity contribution >= 4 is 97.7 Å². The third kappa shape index (κ3) is 8.19. The Balaban J connectivity index is 0.659. The first-order chi connectivity index (χ1) is 49.1. The minimum absolute atomic E-state index is 0.217. The van der Waals surface area contributed by atoms with E-state index in [9.17, 15) is 0 Å². The van der Waals surface area contributed by atoms with Gasteiger partial charge >= 0.3 is 0 Å². The van der Waals surface area contributed by atoms with Crippen LogP contribution >= 0.6 is 0 Å². The summed E-state index contributed by atoms with van der Waals surface area (Å²) in [4.78, 5) is 0. The third-order valence-electron chi connectivity index (χ3n) is 22.8. The van der Waals surface area contributed by atoms with E-state index in [-0.39, 0.29) is 10.8 Å². The van der Waals surface area contributed by atoms with E-state index in [1.807, 2.05) is 6.07 Å². The maximum Gasteiger partial charge on any atom is 0.143 e. The lowest BCUT2D eigenvalue weighted by Gasteiger charge is -2.23. The van der Waals surface area contributed by atoms with Gasteiger partial charge in [-0.25, -0.2) is 0 Å². The normalized spacial score (nSPS) is 13.6. The molecule has 468 valence electrons. The molecule has 0 bridgehead atoms. The minimum atomic E-state index is -0.325. The van der Waals surface area contributed by atoms with Crippen LogP contribution in [-0.2, 0) is 10.8 Å². The van der Waals surface area contributed by atoms with Crippen LogP contribution in [0.25, 0.3) is 198 Å². The second-order valence-electron chi connectivity index (χ2n) is 28.9. The number of para-hydroxylation sites is 1. The van der Waals surface area contributed by atoms with Crippen LogP contribution in [0.5, 0.6) is 0 Å². The maximum atomic E-state index is 7.19. The van der Waals surface area contributed by atoms with Crippen molar-refractivity contribution in [2.75, 3.05) is 0 Å². The van der Waals surface area contributed by atoms with E-state index in [4.69, 9.17) is 8.83 Å². The van der Waals surface area contributed by atoms with Gasteiger partial charge in [-0.3, -0.25) is 0 Å². The first kappa shape index (κ1) is 56.8. The predicted molar refractivity (Wildman–Crippen MR) is 422 cm³/mol. The summed E-state index contributed by atoms with van der Waals surface area (Å²) in [6.07, 6.45) is 0. The molecule has 0 unspecified atom stereocenters. The fraction of sp³-hybridized carbons (Fsp3) is 0.0612. The quantitative estimate of drug-likeness (QED) is 0.149. The molecular formula is C98H64O2. The standard InChI is InChI=1S/C98H64O2/c1-97(2)84-53-64(41-44-69(84)81-55-82-70-29-17-18-36-87(70)99-89(82)56-86(81)97)60-25-20-28-67(50-60)93-76-35-16-13-32-73(76)91(59-23-9-6-10-24-59)83-52-63(42-45-77(83)93)62-38-37-57-39-46-79-94-88(100-96(79)80(57)51-62)48-47-78-68-43-40-65(54-85(68)98(3,4)95(78)94)61-26-19-27-66(49-61)92-74-33-14-11-30-71(74)90(58-21-7-5-8-22-58)72-31-12-15-34-75(72)92/h5-56H,1-4H3. The fourth-order valence-electron chi connectivity index (χ4n) is 18.1. The summed E-state index contributed by atoms with van der Waals surface area (Å²) < 4.78 is 13.6. The van der Waals surface area contributed by atoms with E-state index in [2.05, 4.69) is 337 Å². The number of rotatable bonds is 7. The molecule has 0 saturated heterocycles. The molecule has 2 aromatic heterocycles. The van der Waals surface area contributed by atoms with Crippen molar-refractivity contribution in [3.63, 3.8) is 0 Å². The van der Waals surface area contributed by atoms with Crippen molar-refractivity contribution in [1.82, 2.24) is 0 Å². The number of hydrogen-bond acceptors (Lipinski definition) is 2. The number of fused-ring (bicyclic) bond motifs is 19. The zero-order valence-electron chi connectivity index (χ0n) is 55.8. The molecule has 0 radical (unpaired) electrons. The largest absolute Gasteiger partial charge is 0.456 e. The molecule has 0 saturated carbocycles. The summed E-state index contributed by atoms with van der Waals surface area (Å²) >= 11 is 0. The molecule has 0 aliphatic heterocycles. The van der Waals surface area contributed by atoms with Gasteiger partial charge in [-0.2, -0.15) is 0 Å². The number of furan rings is 2. The van der Waals surface area contributed by atoms with Gasteiger partial charge < -0.3 is 8.83 Å². The molecule has 17 aromatic carbocycles. The van der Waals surface area contributed by atoms with E-state index < -0.39 is 0 Å². The van der Waals surface area contributed by atoms with Crippen LogP contribution in [0.1, 0.15) is 49.9 Å². The van der Waals surface area contributed by atoms with Gasteiger partial charge in [-0.15, -0.1) is 0 Å². The summed E-state index contributed by atoms with van der Waals surface area (Å²) in [5, 5.41) is 16.8. The molecule has 2 nitrogen and oxygen atoms in total. The van der Waals surface area contributed by atoms with Gasteiger partial charge in [0.2, 0.25) is 0 Å². The Morgan fingerprint density at radius 2 is 0.620 bits per heavy atom. The van der Waals surface area contributed by atoms with Crippen LogP contribution in [0.15, 0.2) is 324 Å². The highest BCUT2D eigenvalue weighted by Gasteiger charge is 2.40. The van der Waals surface area contributed by atoms with E-state index in [1.54, 1.807) is 0 Å². The van der Waals surface area contributed by atoms with Gasteiger partial charge in [0, 0.05) is 37.8 Å². The Labute approximate surface area is 579 Å². The molecule has 0 spiro atoms. The smallest absolute Gasteiger partial charge is 0.143 e. The van der Waals surface area contributed by atoms with E-state index in [0.29, 0.717) is 0 Å². The minimum Gasteiger partial charge on any atom is -0.456 e. The van der Waals surface area contributed by atoms with Crippen molar-refractivity contribution in [3.8, 4) is 100 Å². The molecule has 0 N–H and O–H groups in total. The Morgan fingerprint density at radius 1 is 0.210 bits per heavy atom. The lowest BCUT2D eigenvalue weighted by atomic mass is 9.79. The zero-order valence-corrected chi connectivity index (χ0v) is 55.8. The van der Waals surface area contributed by atoms with Crippen LogP contribution in [0.2, 0.25) is 0 Å². The topological polar surface area (TPSA) is 26.3 Å². The molecule has 21 rings (SSSR count). The van der Waals surface area contributed by atoms with Crippen LogP contribution in [-0.4, -0.2) is 0 Å². The average molecular weight is 1270 g/mol. The summed E-state index contributed by atoms with van der Waals surface area (Å²) in [5.74, 6) is 0. The molecule has 19 aromatic rings. The molecule has 0 fully saturated rings. The highest BCUT2D eigenvalue weighted by molar-refractivity contribution is 6.24. The average Bonchev–Trinajstić information content (AvgIpc) is 1.50. The third-order valence-corrected chi connectivity index (χ3v) is 22.8. The SMILES string of the molecule is CC1(C)c2cc(-c3cccc(-c4c5ccccc5c(-c5ccccc5)c5cc(-c6ccc7ccc8c(oc9ccc%10c(c98)C(C)(C)c8cc(-c9cccc(-c%11c%12ccccc%12c(-c%12ccccc%12)c%12ccccc%11%12)c9)ccc8-%10)c7c6)ccc45)c3)ccc2-c2cc3c(cc21)oc1ccccc13. The second-order valence-corrected chi connectivity index (χ2v) is 28.9. The van der Waals surface area contributed by atoms with Gasteiger partial charge in [0.1, 0.15) is 22.3 Å². The van der Waals surface area contributed by atoms with Crippen molar-refractivity contribution in [2.24, 2.45) is 0 Å². The van der Waals surface area contributed by atoms with Crippen LogP contribution < -0.4 is 0 Å².